The van der Waals surface area contributed by atoms with E-state index in [1.165, 1.54) is 0 Å². The topological polar surface area (TPSA) is 58.6 Å². The van der Waals surface area contributed by atoms with Crippen LogP contribution >= 0.6 is 11.6 Å². The number of nitrogen functional groups attached to an aromatic ring is 1. The van der Waals surface area contributed by atoms with E-state index in [0.29, 0.717) is 16.4 Å². The maximum absolute atomic E-state index is 10.5. The first kappa shape index (κ1) is 16.4. The van der Waals surface area contributed by atoms with Gasteiger partial charge in [0.25, 0.3) is 0 Å². The number of halogens is 1. The summed E-state index contributed by atoms with van der Waals surface area (Å²) >= 11 is 5.97. The first-order valence-electron chi connectivity index (χ1n) is 7.11. The second-order valence-electron chi connectivity index (χ2n) is 6.46. The lowest BCUT2D eigenvalue weighted by atomic mass is 9.85. The summed E-state index contributed by atoms with van der Waals surface area (Å²) < 4.78 is 0. The van der Waals surface area contributed by atoms with E-state index in [4.69, 9.17) is 17.3 Å². The highest BCUT2D eigenvalue weighted by Gasteiger charge is 2.20. The number of aromatic hydroxyl groups is 1. The maximum atomic E-state index is 10.5. The summed E-state index contributed by atoms with van der Waals surface area (Å²) in [6.45, 7) is 8.17. The highest BCUT2D eigenvalue weighted by Crippen LogP contribution is 2.38. The summed E-state index contributed by atoms with van der Waals surface area (Å²) in [5.74, 6) is 0.204. The van der Waals surface area contributed by atoms with Crippen LogP contribution in [0.3, 0.4) is 0 Å². The smallest absolute Gasteiger partial charge is 0.144 e. The van der Waals surface area contributed by atoms with Crippen molar-refractivity contribution in [2.45, 2.75) is 33.1 Å². The molecule has 0 aliphatic carbocycles. The fourth-order valence-electron chi connectivity index (χ4n) is 2.23. The normalized spacial score (nSPS) is 12.0. The summed E-state index contributed by atoms with van der Waals surface area (Å²) in [6.07, 6.45) is 1.63. The van der Waals surface area contributed by atoms with Crippen LogP contribution < -0.4 is 5.73 Å². The van der Waals surface area contributed by atoms with E-state index in [1.54, 1.807) is 24.4 Å². The lowest BCUT2D eigenvalue weighted by Crippen LogP contribution is -2.11. The Morgan fingerprint density at radius 3 is 2.50 bits per heavy atom. The van der Waals surface area contributed by atoms with Gasteiger partial charge in [0, 0.05) is 28.1 Å². The van der Waals surface area contributed by atoms with Crippen LogP contribution in [0.5, 0.6) is 5.75 Å². The Balaban J connectivity index is 2.48. The number of aryl methyl sites for hydroxylation is 1. The molecule has 0 fully saturated rings. The molecule has 0 atom stereocenters. The average molecular weight is 317 g/mol. The predicted molar refractivity (Wildman–Crippen MR) is 94.7 cm³/mol. The number of anilines is 1. The molecule has 0 amide bonds. The molecular weight excluding hydrogens is 296 g/mol. The van der Waals surface area contributed by atoms with Crippen molar-refractivity contribution in [2.75, 3.05) is 5.73 Å². The Morgan fingerprint density at radius 1 is 1.18 bits per heavy atom. The number of aliphatic imine (C=N–C) groups is 1. The Labute approximate surface area is 136 Å². The molecule has 3 N–H and O–H groups in total. The van der Waals surface area contributed by atoms with Gasteiger partial charge >= 0.3 is 0 Å². The summed E-state index contributed by atoms with van der Waals surface area (Å²) in [5.41, 5.74) is 9.53. The molecule has 2 aromatic carbocycles. The van der Waals surface area contributed by atoms with Gasteiger partial charge in [-0.3, -0.25) is 4.99 Å². The van der Waals surface area contributed by atoms with Gasteiger partial charge in [0.2, 0.25) is 0 Å². The van der Waals surface area contributed by atoms with E-state index in [9.17, 15) is 5.11 Å². The van der Waals surface area contributed by atoms with Gasteiger partial charge in [-0.05, 0) is 42.2 Å². The third kappa shape index (κ3) is 3.60. The van der Waals surface area contributed by atoms with Crippen LogP contribution in [0.1, 0.15) is 37.5 Å². The molecule has 0 spiro atoms. The zero-order valence-electron chi connectivity index (χ0n) is 13.3. The van der Waals surface area contributed by atoms with Crippen molar-refractivity contribution in [1.82, 2.24) is 0 Å². The zero-order chi connectivity index (χ0) is 16.5. The molecule has 0 aliphatic heterocycles. The molecule has 0 aromatic heterocycles. The van der Waals surface area contributed by atoms with Gasteiger partial charge in [0.15, 0.2) is 0 Å². The number of hydrogen-bond donors (Lipinski definition) is 2. The minimum atomic E-state index is -0.157. The van der Waals surface area contributed by atoms with E-state index in [0.717, 1.165) is 16.7 Å². The number of hydrogen-bond acceptors (Lipinski definition) is 3. The second kappa shape index (κ2) is 6.01. The summed E-state index contributed by atoms with van der Waals surface area (Å²) in [6, 6.07) is 9.05. The molecule has 0 heterocycles. The predicted octanol–water partition coefficient (Wildman–Crippen LogP) is 4.98. The molecule has 0 unspecified atom stereocenters. The SMILES string of the molecule is Cc1cc(N=Cc2cc(Cl)ccc2N)c(O)c(C(C)(C)C)c1. The van der Waals surface area contributed by atoms with Crippen molar-refractivity contribution < 1.29 is 5.11 Å². The maximum Gasteiger partial charge on any atom is 0.144 e. The molecule has 2 aromatic rings. The van der Waals surface area contributed by atoms with Gasteiger partial charge in [-0.15, -0.1) is 0 Å². The number of nitrogens with zero attached hydrogens (tertiary/aromatic N) is 1. The van der Waals surface area contributed by atoms with Crippen molar-refractivity contribution in [3.8, 4) is 5.75 Å². The molecule has 116 valence electrons. The highest BCUT2D eigenvalue weighted by atomic mass is 35.5. The number of nitrogens with two attached hydrogens (primary N) is 1. The lowest BCUT2D eigenvalue weighted by Gasteiger charge is -2.21. The van der Waals surface area contributed by atoms with Crippen LogP contribution in [0.4, 0.5) is 11.4 Å². The van der Waals surface area contributed by atoms with Crippen LogP contribution in [0, 0.1) is 6.92 Å². The Kier molecular flexibility index (Phi) is 4.47. The monoisotopic (exact) mass is 316 g/mol. The van der Waals surface area contributed by atoms with Crippen LogP contribution in [-0.2, 0) is 5.41 Å². The third-order valence-corrected chi connectivity index (χ3v) is 3.67. The number of rotatable bonds is 2. The molecule has 0 radical (unpaired) electrons. The molecule has 22 heavy (non-hydrogen) atoms. The van der Waals surface area contributed by atoms with Gasteiger partial charge < -0.3 is 10.8 Å². The number of phenolic OH excluding ortho intramolecular Hbond substituents is 1. The first-order chi connectivity index (χ1) is 10.2. The molecule has 0 bridgehead atoms. The molecule has 4 heteroatoms. The van der Waals surface area contributed by atoms with Gasteiger partial charge in [0.05, 0.1) is 0 Å². The van der Waals surface area contributed by atoms with Gasteiger partial charge in [-0.2, -0.15) is 0 Å². The van der Waals surface area contributed by atoms with Gasteiger partial charge in [0.1, 0.15) is 11.4 Å². The second-order valence-corrected chi connectivity index (χ2v) is 6.90. The van der Waals surface area contributed by atoms with E-state index in [2.05, 4.69) is 25.8 Å². The summed E-state index contributed by atoms with van der Waals surface area (Å²) in [4.78, 5) is 4.40. The fourth-order valence-corrected chi connectivity index (χ4v) is 2.41. The van der Waals surface area contributed by atoms with Crippen LogP contribution in [0.2, 0.25) is 5.02 Å². The first-order valence-corrected chi connectivity index (χ1v) is 7.49. The van der Waals surface area contributed by atoms with Gasteiger partial charge in [-0.1, -0.05) is 38.4 Å². The Hall–Kier alpha value is -2.00. The minimum absolute atomic E-state index is 0.157. The molecule has 3 nitrogen and oxygen atoms in total. The molecular formula is C18H21ClN2O. The zero-order valence-corrected chi connectivity index (χ0v) is 14.1. The van der Waals surface area contributed by atoms with Crippen molar-refractivity contribution in [1.29, 1.82) is 0 Å². The number of phenols is 1. The minimum Gasteiger partial charge on any atom is -0.505 e. The molecule has 0 saturated heterocycles. The molecule has 2 rings (SSSR count). The van der Waals surface area contributed by atoms with Gasteiger partial charge in [-0.25, -0.2) is 0 Å². The third-order valence-electron chi connectivity index (χ3n) is 3.43. The molecule has 0 aliphatic rings. The Morgan fingerprint density at radius 2 is 1.86 bits per heavy atom. The summed E-state index contributed by atoms with van der Waals surface area (Å²) in [7, 11) is 0. The largest absolute Gasteiger partial charge is 0.505 e. The number of benzene rings is 2. The van der Waals surface area contributed by atoms with E-state index < -0.39 is 0 Å². The van der Waals surface area contributed by atoms with Crippen molar-refractivity contribution in [2.24, 2.45) is 4.99 Å². The van der Waals surface area contributed by atoms with E-state index in [1.807, 2.05) is 19.1 Å². The Bertz CT molecular complexity index is 731. The quantitative estimate of drug-likeness (QED) is 0.606. The van der Waals surface area contributed by atoms with Crippen molar-refractivity contribution >= 4 is 29.2 Å². The standard InChI is InChI=1S/C18H21ClN2O/c1-11-7-14(18(2,3)4)17(22)16(8-11)21-10-12-9-13(19)5-6-15(12)20/h5-10,22H,20H2,1-4H3. The average Bonchev–Trinajstić information content (AvgIpc) is 2.41. The molecule has 0 saturated carbocycles. The summed E-state index contributed by atoms with van der Waals surface area (Å²) in [5, 5.41) is 11.1. The highest BCUT2D eigenvalue weighted by molar-refractivity contribution is 6.31. The van der Waals surface area contributed by atoms with E-state index in [-0.39, 0.29) is 11.2 Å². The fraction of sp³-hybridized carbons (Fsp3) is 0.278. The van der Waals surface area contributed by atoms with Crippen LogP contribution in [0.25, 0.3) is 0 Å². The van der Waals surface area contributed by atoms with Crippen molar-refractivity contribution in [3.63, 3.8) is 0 Å². The van der Waals surface area contributed by atoms with Crippen molar-refractivity contribution in [3.05, 3.63) is 52.0 Å². The lowest BCUT2D eigenvalue weighted by molar-refractivity contribution is 0.448. The van der Waals surface area contributed by atoms with E-state index >= 15 is 0 Å². The van der Waals surface area contributed by atoms with Crippen LogP contribution in [0.15, 0.2) is 35.3 Å². The van der Waals surface area contributed by atoms with Crippen LogP contribution in [-0.4, -0.2) is 11.3 Å².